The molecule has 1 amide bonds. The Bertz CT molecular complexity index is 327. The van der Waals surface area contributed by atoms with Gasteiger partial charge in [0.1, 0.15) is 0 Å². The largest absolute Gasteiger partial charge is 0.395 e. The Kier molecular flexibility index (Phi) is 6.45. The lowest BCUT2D eigenvalue weighted by molar-refractivity contribution is -0.138. The van der Waals surface area contributed by atoms with Crippen molar-refractivity contribution in [2.24, 2.45) is 0 Å². The average molecular weight is 297 g/mol. The summed E-state index contributed by atoms with van der Waals surface area (Å²) in [6, 6.07) is 0.776. The number of likely N-dealkylation sites (tertiary alicyclic amines) is 1. The third-order valence-electron chi connectivity index (χ3n) is 4.94. The summed E-state index contributed by atoms with van der Waals surface area (Å²) < 4.78 is 0. The minimum Gasteiger partial charge on any atom is -0.395 e. The molecule has 5 nitrogen and oxygen atoms in total. The molecule has 0 spiro atoms. The minimum absolute atomic E-state index is 0.224. The van der Waals surface area contributed by atoms with E-state index in [0.29, 0.717) is 24.5 Å². The van der Waals surface area contributed by atoms with Crippen LogP contribution in [0.4, 0.5) is 0 Å². The Balaban J connectivity index is 1.84. The molecule has 2 heterocycles. The summed E-state index contributed by atoms with van der Waals surface area (Å²) in [5, 5.41) is 9.03. The number of piperidine rings is 1. The molecule has 0 aromatic carbocycles. The van der Waals surface area contributed by atoms with E-state index in [0.717, 1.165) is 52.0 Å². The number of hydrogen-bond donors (Lipinski definition) is 1. The smallest absolute Gasteiger partial charge is 0.237 e. The summed E-state index contributed by atoms with van der Waals surface area (Å²) in [6.07, 6.45) is 4.60. The second-order valence-corrected chi connectivity index (χ2v) is 6.62. The highest BCUT2D eigenvalue weighted by Gasteiger charge is 2.30. The number of hydrogen-bond acceptors (Lipinski definition) is 4. The highest BCUT2D eigenvalue weighted by Crippen LogP contribution is 2.22. The molecular weight excluding hydrogens is 266 g/mol. The zero-order valence-corrected chi connectivity index (χ0v) is 13.6. The summed E-state index contributed by atoms with van der Waals surface area (Å²) in [5.74, 6) is 0.297. The van der Waals surface area contributed by atoms with Crippen molar-refractivity contribution in [1.82, 2.24) is 14.7 Å². The molecule has 0 aliphatic carbocycles. The predicted octanol–water partition coefficient (Wildman–Crippen LogP) is 0.776. The number of aliphatic hydroxyl groups excluding tert-OH is 1. The Hall–Kier alpha value is -0.650. The molecule has 0 aromatic rings. The molecule has 2 aliphatic heterocycles. The Morgan fingerprint density at radius 3 is 2.29 bits per heavy atom. The van der Waals surface area contributed by atoms with Crippen molar-refractivity contribution in [3.8, 4) is 0 Å². The molecule has 0 aromatic heterocycles. The molecule has 2 unspecified atom stereocenters. The molecule has 2 atom stereocenters. The van der Waals surface area contributed by atoms with Crippen molar-refractivity contribution in [2.45, 2.75) is 51.6 Å². The van der Waals surface area contributed by atoms with Gasteiger partial charge in [-0.05, 0) is 52.6 Å². The Morgan fingerprint density at radius 2 is 1.62 bits per heavy atom. The van der Waals surface area contributed by atoms with Crippen molar-refractivity contribution < 1.29 is 9.90 Å². The van der Waals surface area contributed by atoms with E-state index in [2.05, 4.69) is 28.5 Å². The van der Waals surface area contributed by atoms with E-state index in [4.69, 9.17) is 5.11 Å². The fraction of sp³-hybridized carbons (Fsp3) is 0.938. The molecular formula is C16H31N3O2. The van der Waals surface area contributed by atoms with E-state index in [1.807, 2.05) is 0 Å². The lowest BCUT2D eigenvalue weighted by Gasteiger charge is -2.40. The zero-order chi connectivity index (χ0) is 15.2. The minimum atomic E-state index is 0.224. The maximum absolute atomic E-state index is 12.6. The first-order chi connectivity index (χ1) is 10.1. The van der Waals surface area contributed by atoms with Crippen LogP contribution in [0.25, 0.3) is 0 Å². The van der Waals surface area contributed by atoms with Crippen LogP contribution in [-0.2, 0) is 4.79 Å². The van der Waals surface area contributed by atoms with Crippen molar-refractivity contribution in [3.63, 3.8) is 0 Å². The molecule has 0 radical (unpaired) electrons. The molecule has 2 saturated heterocycles. The van der Waals surface area contributed by atoms with Crippen LogP contribution >= 0.6 is 0 Å². The Morgan fingerprint density at radius 1 is 1.00 bits per heavy atom. The SMILES string of the molecule is CC1CCCC(C)N1C(=O)CN1CCCN(CCO)CC1. The van der Waals surface area contributed by atoms with E-state index in [1.165, 1.54) is 6.42 Å². The fourth-order valence-corrected chi connectivity index (χ4v) is 3.73. The van der Waals surface area contributed by atoms with Gasteiger partial charge in [0.15, 0.2) is 0 Å². The third-order valence-corrected chi connectivity index (χ3v) is 4.94. The first kappa shape index (κ1) is 16.7. The average Bonchev–Trinajstić information content (AvgIpc) is 2.65. The first-order valence-electron chi connectivity index (χ1n) is 8.48. The first-order valence-corrected chi connectivity index (χ1v) is 8.48. The molecule has 21 heavy (non-hydrogen) atoms. The number of nitrogens with zero attached hydrogens (tertiary/aromatic N) is 3. The summed E-state index contributed by atoms with van der Waals surface area (Å²) in [5.41, 5.74) is 0. The summed E-state index contributed by atoms with van der Waals surface area (Å²) in [7, 11) is 0. The number of carbonyl (C=O) groups excluding carboxylic acids is 1. The topological polar surface area (TPSA) is 47.0 Å². The van der Waals surface area contributed by atoms with E-state index in [1.54, 1.807) is 0 Å². The van der Waals surface area contributed by atoms with Gasteiger partial charge in [-0.1, -0.05) is 0 Å². The van der Waals surface area contributed by atoms with Gasteiger partial charge >= 0.3 is 0 Å². The monoisotopic (exact) mass is 297 g/mol. The lowest BCUT2D eigenvalue weighted by Crippen LogP contribution is -2.51. The van der Waals surface area contributed by atoms with Gasteiger partial charge in [-0.15, -0.1) is 0 Å². The van der Waals surface area contributed by atoms with Crippen LogP contribution in [0.1, 0.15) is 39.5 Å². The molecule has 0 saturated carbocycles. The highest BCUT2D eigenvalue weighted by atomic mass is 16.3. The fourth-order valence-electron chi connectivity index (χ4n) is 3.73. The predicted molar refractivity (Wildman–Crippen MR) is 84.2 cm³/mol. The van der Waals surface area contributed by atoms with Gasteiger partial charge < -0.3 is 10.0 Å². The van der Waals surface area contributed by atoms with E-state index in [-0.39, 0.29) is 6.61 Å². The van der Waals surface area contributed by atoms with E-state index < -0.39 is 0 Å². The van der Waals surface area contributed by atoms with Crippen LogP contribution in [0, 0.1) is 0 Å². The number of carbonyl (C=O) groups is 1. The van der Waals surface area contributed by atoms with Crippen LogP contribution in [0.15, 0.2) is 0 Å². The molecule has 5 heteroatoms. The van der Waals surface area contributed by atoms with Gasteiger partial charge in [0, 0.05) is 31.7 Å². The zero-order valence-electron chi connectivity index (χ0n) is 13.6. The number of aliphatic hydroxyl groups is 1. The maximum atomic E-state index is 12.6. The van der Waals surface area contributed by atoms with Crippen LogP contribution in [0.5, 0.6) is 0 Å². The third kappa shape index (κ3) is 4.66. The quantitative estimate of drug-likeness (QED) is 0.833. The van der Waals surface area contributed by atoms with Crippen LogP contribution in [-0.4, -0.2) is 83.7 Å². The van der Waals surface area contributed by atoms with E-state index >= 15 is 0 Å². The summed E-state index contributed by atoms with van der Waals surface area (Å²) in [4.78, 5) is 19.3. The van der Waals surface area contributed by atoms with Crippen LogP contribution in [0.2, 0.25) is 0 Å². The molecule has 0 bridgehead atoms. The van der Waals surface area contributed by atoms with Gasteiger partial charge in [0.25, 0.3) is 0 Å². The summed E-state index contributed by atoms with van der Waals surface area (Å²) in [6.45, 7) is 9.80. The normalized spacial score (nSPS) is 29.4. The van der Waals surface area contributed by atoms with Gasteiger partial charge in [0.2, 0.25) is 5.91 Å². The van der Waals surface area contributed by atoms with Gasteiger partial charge in [-0.2, -0.15) is 0 Å². The highest BCUT2D eigenvalue weighted by molar-refractivity contribution is 5.79. The molecule has 122 valence electrons. The molecule has 2 fully saturated rings. The van der Waals surface area contributed by atoms with E-state index in [9.17, 15) is 4.79 Å². The lowest BCUT2D eigenvalue weighted by atomic mass is 9.97. The standard InChI is InChI=1S/C16H31N3O2/c1-14-5-3-6-15(2)19(14)16(21)13-18-8-4-7-17(9-10-18)11-12-20/h14-15,20H,3-13H2,1-2H3. The second kappa shape index (κ2) is 8.11. The Labute approximate surface area is 128 Å². The van der Waals surface area contributed by atoms with Crippen LogP contribution in [0.3, 0.4) is 0 Å². The number of amides is 1. The van der Waals surface area contributed by atoms with Gasteiger partial charge in [0.05, 0.1) is 13.2 Å². The molecule has 2 aliphatic rings. The number of β-amino-alcohol motifs (C(OH)–C–C–N with tert-alkyl or cyclic N) is 1. The van der Waals surface area contributed by atoms with Crippen molar-refractivity contribution in [2.75, 3.05) is 45.9 Å². The van der Waals surface area contributed by atoms with Crippen molar-refractivity contribution >= 4 is 5.91 Å². The van der Waals surface area contributed by atoms with Crippen molar-refractivity contribution in [1.29, 1.82) is 0 Å². The molecule has 1 N–H and O–H groups in total. The van der Waals surface area contributed by atoms with Crippen LogP contribution < -0.4 is 0 Å². The number of rotatable bonds is 4. The van der Waals surface area contributed by atoms with Crippen molar-refractivity contribution in [3.05, 3.63) is 0 Å². The second-order valence-electron chi connectivity index (χ2n) is 6.62. The summed E-state index contributed by atoms with van der Waals surface area (Å²) >= 11 is 0. The maximum Gasteiger partial charge on any atom is 0.237 e. The molecule has 2 rings (SSSR count). The van der Waals surface area contributed by atoms with Gasteiger partial charge in [-0.3, -0.25) is 14.6 Å². The van der Waals surface area contributed by atoms with Gasteiger partial charge in [-0.25, -0.2) is 0 Å².